The number of hydrogen-bond donors (Lipinski definition) is 1. The second-order valence-corrected chi connectivity index (χ2v) is 8.21. The number of ether oxygens (including phenoxy) is 2. The zero-order chi connectivity index (χ0) is 20.3. The third-order valence-electron chi connectivity index (χ3n) is 3.84. The molecule has 0 spiro atoms. The Balaban J connectivity index is 1.82. The standard InChI is InChI=1S/C19H14BrN3O3S2/c1-25-15-7-13(8-16-18(24)23(22)19(27)28-16)6-14(20)17(15)26-10-12-4-2-11(9-21)3-5-12/h2-8H,10,22H2,1H3/b16-8+. The molecular formula is C19H14BrN3O3S2. The van der Waals surface area contributed by atoms with Gasteiger partial charge in [-0.05, 0) is 57.4 Å². The largest absolute Gasteiger partial charge is 0.493 e. The molecule has 1 amide bonds. The van der Waals surface area contributed by atoms with Gasteiger partial charge in [-0.25, -0.2) is 10.9 Å². The smallest absolute Gasteiger partial charge is 0.280 e. The lowest BCUT2D eigenvalue weighted by atomic mass is 10.1. The number of hydrazine groups is 1. The number of methoxy groups -OCH3 is 1. The van der Waals surface area contributed by atoms with E-state index >= 15 is 0 Å². The molecule has 0 saturated carbocycles. The van der Waals surface area contributed by atoms with Crippen LogP contribution in [-0.2, 0) is 11.4 Å². The van der Waals surface area contributed by atoms with Crippen molar-refractivity contribution in [3.05, 3.63) is 62.5 Å². The molecule has 3 rings (SSSR count). The number of thioether (sulfide) groups is 1. The molecule has 28 heavy (non-hydrogen) atoms. The maximum Gasteiger partial charge on any atom is 0.280 e. The van der Waals surface area contributed by atoms with E-state index in [1.165, 1.54) is 0 Å². The minimum atomic E-state index is -0.341. The molecule has 0 aromatic heterocycles. The van der Waals surface area contributed by atoms with Crippen molar-refractivity contribution >= 4 is 56.2 Å². The first-order chi connectivity index (χ1) is 13.4. The summed E-state index contributed by atoms with van der Waals surface area (Å²) in [4.78, 5) is 12.5. The highest BCUT2D eigenvalue weighted by Crippen LogP contribution is 2.39. The Hall–Kier alpha value is -2.38. The van der Waals surface area contributed by atoms with Crippen molar-refractivity contribution in [2.75, 3.05) is 7.11 Å². The molecule has 0 unspecified atom stereocenters. The number of carbonyl (C=O) groups is 1. The van der Waals surface area contributed by atoms with Crippen LogP contribution in [0.15, 0.2) is 45.8 Å². The number of amides is 1. The molecular weight excluding hydrogens is 462 g/mol. The zero-order valence-corrected chi connectivity index (χ0v) is 17.9. The van der Waals surface area contributed by atoms with E-state index in [0.29, 0.717) is 37.4 Å². The second-order valence-electron chi connectivity index (χ2n) is 5.68. The van der Waals surface area contributed by atoms with Crippen LogP contribution in [-0.4, -0.2) is 22.3 Å². The molecule has 0 bridgehead atoms. The minimum Gasteiger partial charge on any atom is -0.493 e. The summed E-state index contributed by atoms with van der Waals surface area (Å²) in [7, 11) is 1.54. The van der Waals surface area contributed by atoms with Crippen LogP contribution in [0.1, 0.15) is 16.7 Å². The van der Waals surface area contributed by atoms with Crippen LogP contribution in [0.5, 0.6) is 11.5 Å². The predicted octanol–water partition coefficient (Wildman–Crippen LogP) is 3.98. The molecule has 0 aliphatic carbocycles. The van der Waals surface area contributed by atoms with Gasteiger partial charge in [-0.2, -0.15) is 5.26 Å². The molecule has 0 radical (unpaired) electrons. The molecule has 1 fully saturated rings. The van der Waals surface area contributed by atoms with E-state index < -0.39 is 0 Å². The van der Waals surface area contributed by atoms with Crippen LogP contribution >= 0.6 is 39.9 Å². The first-order valence-corrected chi connectivity index (χ1v) is 9.96. The number of hydrogen-bond acceptors (Lipinski definition) is 7. The fourth-order valence-electron chi connectivity index (χ4n) is 2.43. The van der Waals surface area contributed by atoms with Crippen molar-refractivity contribution in [1.82, 2.24) is 5.01 Å². The van der Waals surface area contributed by atoms with Crippen molar-refractivity contribution in [3.63, 3.8) is 0 Å². The number of carbonyl (C=O) groups excluding carboxylic acids is 1. The van der Waals surface area contributed by atoms with Gasteiger partial charge in [-0.1, -0.05) is 36.1 Å². The highest BCUT2D eigenvalue weighted by Gasteiger charge is 2.29. The van der Waals surface area contributed by atoms with Gasteiger partial charge in [-0.3, -0.25) is 4.79 Å². The Kier molecular flexibility index (Phi) is 6.36. The van der Waals surface area contributed by atoms with E-state index in [4.69, 9.17) is 32.8 Å². The Morgan fingerprint density at radius 2 is 2.07 bits per heavy atom. The van der Waals surface area contributed by atoms with E-state index in [0.717, 1.165) is 27.9 Å². The molecule has 1 aliphatic heterocycles. The Labute approximate surface area is 180 Å². The van der Waals surface area contributed by atoms with E-state index in [9.17, 15) is 4.79 Å². The molecule has 1 heterocycles. The quantitative estimate of drug-likeness (QED) is 0.302. The lowest BCUT2D eigenvalue weighted by Crippen LogP contribution is -2.34. The maximum atomic E-state index is 12.1. The summed E-state index contributed by atoms with van der Waals surface area (Å²) in [5, 5.41) is 9.82. The van der Waals surface area contributed by atoms with Crippen molar-refractivity contribution in [2.24, 2.45) is 5.84 Å². The summed E-state index contributed by atoms with van der Waals surface area (Å²) in [6.07, 6.45) is 1.70. The van der Waals surface area contributed by atoms with Gasteiger partial charge >= 0.3 is 0 Å². The summed E-state index contributed by atoms with van der Waals surface area (Å²) >= 11 is 9.67. The van der Waals surface area contributed by atoms with Crippen molar-refractivity contribution < 1.29 is 14.3 Å². The fraction of sp³-hybridized carbons (Fsp3) is 0.105. The summed E-state index contributed by atoms with van der Waals surface area (Å²) < 4.78 is 12.3. The van der Waals surface area contributed by atoms with Crippen LogP contribution in [0, 0.1) is 11.3 Å². The van der Waals surface area contributed by atoms with Gasteiger partial charge in [0.25, 0.3) is 5.91 Å². The Morgan fingerprint density at radius 3 is 2.64 bits per heavy atom. The predicted molar refractivity (Wildman–Crippen MR) is 115 cm³/mol. The molecule has 1 aliphatic rings. The number of nitriles is 1. The van der Waals surface area contributed by atoms with E-state index in [1.54, 1.807) is 31.4 Å². The maximum absolute atomic E-state index is 12.1. The zero-order valence-electron chi connectivity index (χ0n) is 14.6. The van der Waals surface area contributed by atoms with Crippen molar-refractivity contribution in [2.45, 2.75) is 6.61 Å². The SMILES string of the molecule is COc1cc(/C=C2/SC(=S)N(N)C2=O)cc(Br)c1OCc1ccc(C#N)cc1. The second kappa shape index (κ2) is 8.75. The van der Waals surface area contributed by atoms with Crippen LogP contribution in [0.3, 0.4) is 0 Å². The number of nitrogens with zero attached hydrogens (tertiary/aromatic N) is 2. The summed E-state index contributed by atoms with van der Waals surface area (Å²) in [5.41, 5.74) is 2.25. The first-order valence-electron chi connectivity index (χ1n) is 7.95. The monoisotopic (exact) mass is 475 g/mol. The number of halogens is 1. The number of nitrogens with two attached hydrogens (primary N) is 1. The number of benzene rings is 2. The highest BCUT2D eigenvalue weighted by molar-refractivity contribution is 9.10. The van der Waals surface area contributed by atoms with Gasteiger partial charge in [0.2, 0.25) is 0 Å². The van der Waals surface area contributed by atoms with E-state index in [1.807, 2.05) is 18.2 Å². The summed E-state index contributed by atoms with van der Waals surface area (Å²) in [5.74, 6) is 6.31. The number of rotatable bonds is 5. The summed E-state index contributed by atoms with van der Waals surface area (Å²) in [6, 6.07) is 12.8. The molecule has 0 atom stereocenters. The van der Waals surface area contributed by atoms with Crippen LogP contribution in [0.4, 0.5) is 0 Å². The van der Waals surface area contributed by atoms with Crippen LogP contribution in [0.2, 0.25) is 0 Å². The highest BCUT2D eigenvalue weighted by atomic mass is 79.9. The normalized spacial score (nSPS) is 15.1. The topological polar surface area (TPSA) is 88.6 Å². The molecule has 2 aromatic rings. The van der Waals surface area contributed by atoms with Crippen LogP contribution in [0.25, 0.3) is 6.08 Å². The molecule has 2 aromatic carbocycles. The van der Waals surface area contributed by atoms with E-state index in [2.05, 4.69) is 22.0 Å². The minimum absolute atomic E-state index is 0.310. The van der Waals surface area contributed by atoms with Crippen molar-refractivity contribution in [3.8, 4) is 17.6 Å². The van der Waals surface area contributed by atoms with E-state index in [-0.39, 0.29) is 5.91 Å². The molecule has 9 heteroatoms. The van der Waals surface area contributed by atoms with Gasteiger partial charge in [0.1, 0.15) is 6.61 Å². The Bertz CT molecular complexity index is 1020. The lowest BCUT2D eigenvalue weighted by Gasteiger charge is -2.14. The van der Waals surface area contributed by atoms with Crippen molar-refractivity contribution in [1.29, 1.82) is 5.26 Å². The van der Waals surface area contributed by atoms with Gasteiger partial charge < -0.3 is 9.47 Å². The average molecular weight is 476 g/mol. The molecule has 6 nitrogen and oxygen atoms in total. The lowest BCUT2D eigenvalue weighted by molar-refractivity contribution is -0.122. The molecule has 1 saturated heterocycles. The third kappa shape index (κ3) is 4.36. The van der Waals surface area contributed by atoms with Gasteiger partial charge in [0, 0.05) is 0 Å². The Morgan fingerprint density at radius 1 is 1.36 bits per heavy atom. The summed E-state index contributed by atoms with van der Waals surface area (Å²) in [6.45, 7) is 0.311. The molecule has 2 N–H and O–H groups in total. The van der Waals surface area contributed by atoms with Gasteiger partial charge in [-0.15, -0.1) is 0 Å². The average Bonchev–Trinajstić information content (AvgIpc) is 2.93. The van der Waals surface area contributed by atoms with Crippen LogP contribution < -0.4 is 15.3 Å². The van der Waals surface area contributed by atoms with Gasteiger partial charge in [0.05, 0.1) is 28.1 Å². The first kappa shape index (κ1) is 20.4. The third-order valence-corrected chi connectivity index (χ3v) is 5.76. The number of thiocarbonyl (C=S) groups is 1. The molecule has 142 valence electrons. The fourth-order valence-corrected chi connectivity index (χ4v) is 4.10. The van der Waals surface area contributed by atoms with Gasteiger partial charge in [0.15, 0.2) is 15.8 Å².